The summed E-state index contributed by atoms with van der Waals surface area (Å²) in [6.07, 6.45) is 1.72. The van der Waals surface area contributed by atoms with Crippen molar-refractivity contribution >= 4 is 17.7 Å². The second-order valence-electron chi connectivity index (χ2n) is 4.83. The van der Waals surface area contributed by atoms with Crippen molar-refractivity contribution in [2.45, 2.75) is 31.7 Å². The van der Waals surface area contributed by atoms with E-state index < -0.39 is 17.4 Å². The number of benzene rings is 1. The van der Waals surface area contributed by atoms with Crippen LogP contribution in [0.15, 0.2) is 24.3 Å². The van der Waals surface area contributed by atoms with Gasteiger partial charge < -0.3 is 10.4 Å². The number of rotatable bonds is 4. The van der Waals surface area contributed by atoms with Crippen molar-refractivity contribution in [2.75, 3.05) is 0 Å². The smallest absolute Gasteiger partial charge is 0.329 e. The highest BCUT2D eigenvalue weighted by Gasteiger charge is 2.45. The molecule has 1 saturated carbocycles. The van der Waals surface area contributed by atoms with Crippen LogP contribution in [-0.4, -0.2) is 28.3 Å². The van der Waals surface area contributed by atoms with Crippen LogP contribution < -0.4 is 5.32 Å². The second kappa shape index (κ2) is 4.84. The van der Waals surface area contributed by atoms with Gasteiger partial charge in [0.25, 0.3) is 5.91 Å². The average molecular weight is 261 g/mol. The van der Waals surface area contributed by atoms with Crippen LogP contribution in [-0.2, 0) is 4.79 Å². The molecule has 0 aliphatic heterocycles. The fourth-order valence-electron chi connectivity index (χ4n) is 2.07. The van der Waals surface area contributed by atoms with Gasteiger partial charge in [0.15, 0.2) is 5.78 Å². The van der Waals surface area contributed by atoms with Gasteiger partial charge in [0, 0.05) is 11.1 Å². The number of amides is 1. The number of Topliss-reactive ketones (excluding diaryl/α,β-unsaturated/α-hetero) is 1. The number of hydrogen-bond acceptors (Lipinski definition) is 3. The molecule has 0 radical (unpaired) electrons. The second-order valence-corrected chi connectivity index (χ2v) is 4.83. The molecule has 0 unspecified atom stereocenters. The van der Waals surface area contributed by atoms with Crippen LogP contribution in [0.3, 0.4) is 0 Å². The maximum absolute atomic E-state index is 12.0. The van der Waals surface area contributed by atoms with Crippen LogP contribution in [0.25, 0.3) is 0 Å². The predicted molar refractivity (Wildman–Crippen MR) is 68.1 cm³/mol. The molecule has 5 heteroatoms. The molecule has 0 heterocycles. The molecule has 100 valence electrons. The van der Waals surface area contributed by atoms with E-state index in [4.69, 9.17) is 5.11 Å². The molecule has 1 amide bonds. The summed E-state index contributed by atoms with van der Waals surface area (Å²) in [4.78, 5) is 34.3. The number of nitrogens with one attached hydrogen (secondary N) is 1. The van der Waals surface area contributed by atoms with Gasteiger partial charge in [0.05, 0.1) is 0 Å². The van der Waals surface area contributed by atoms with Crippen LogP contribution in [0.4, 0.5) is 0 Å². The van der Waals surface area contributed by atoms with Crippen LogP contribution in [0.5, 0.6) is 0 Å². The van der Waals surface area contributed by atoms with E-state index in [9.17, 15) is 14.4 Å². The van der Waals surface area contributed by atoms with Gasteiger partial charge >= 0.3 is 5.97 Å². The van der Waals surface area contributed by atoms with E-state index in [0.717, 1.165) is 6.42 Å². The van der Waals surface area contributed by atoms with Crippen molar-refractivity contribution in [1.82, 2.24) is 5.32 Å². The molecule has 1 aliphatic rings. The zero-order valence-corrected chi connectivity index (χ0v) is 10.6. The van der Waals surface area contributed by atoms with E-state index >= 15 is 0 Å². The third kappa shape index (κ3) is 2.50. The van der Waals surface area contributed by atoms with Gasteiger partial charge in [-0.15, -0.1) is 0 Å². The van der Waals surface area contributed by atoms with Gasteiger partial charge in [-0.25, -0.2) is 4.79 Å². The zero-order valence-electron chi connectivity index (χ0n) is 10.6. The molecule has 0 spiro atoms. The molecule has 1 aliphatic carbocycles. The Morgan fingerprint density at radius 2 is 1.63 bits per heavy atom. The molecule has 19 heavy (non-hydrogen) atoms. The van der Waals surface area contributed by atoms with Crippen molar-refractivity contribution in [3.63, 3.8) is 0 Å². The van der Waals surface area contributed by atoms with E-state index in [0.29, 0.717) is 24.0 Å². The Balaban J connectivity index is 2.12. The topological polar surface area (TPSA) is 83.5 Å². The fourth-order valence-corrected chi connectivity index (χ4v) is 2.07. The molecule has 0 aromatic heterocycles. The SMILES string of the molecule is CC(=O)c1ccc(C(=O)NC2(C(=O)O)CCC2)cc1. The molecule has 0 bridgehead atoms. The Kier molecular flexibility index (Phi) is 3.38. The Morgan fingerprint density at radius 3 is 2.00 bits per heavy atom. The lowest BCUT2D eigenvalue weighted by atomic mass is 9.76. The van der Waals surface area contributed by atoms with Crippen molar-refractivity contribution in [3.8, 4) is 0 Å². The summed E-state index contributed by atoms with van der Waals surface area (Å²) in [5, 5.41) is 11.7. The standard InChI is InChI=1S/C14H15NO4/c1-9(16)10-3-5-11(6-4-10)12(17)15-14(13(18)19)7-2-8-14/h3-6H,2,7-8H2,1H3,(H,15,17)(H,18,19). The highest BCUT2D eigenvalue weighted by Crippen LogP contribution is 2.32. The lowest BCUT2D eigenvalue weighted by Gasteiger charge is -2.38. The molecule has 0 saturated heterocycles. The van der Waals surface area contributed by atoms with E-state index in [1.807, 2.05) is 0 Å². The summed E-state index contributed by atoms with van der Waals surface area (Å²) in [6.45, 7) is 1.45. The number of aliphatic carboxylic acids is 1. The van der Waals surface area contributed by atoms with Crippen LogP contribution in [0.1, 0.15) is 46.9 Å². The Morgan fingerprint density at radius 1 is 1.11 bits per heavy atom. The van der Waals surface area contributed by atoms with Crippen LogP contribution in [0.2, 0.25) is 0 Å². The van der Waals surface area contributed by atoms with E-state index in [2.05, 4.69) is 5.32 Å². The highest BCUT2D eigenvalue weighted by atomic mass is 16.4. The maximum atomic E-state index is 12.0. The zero-order chi connectivity index (χ0) is 14.0. The summed E-state index contributed by atoms with van der Waals surface area (Å²) < 4.78 is 0. The van der Waals surface area contributed by atoms with Gasteiger partial charge in [-0.1, -0.05) is 12.1 Å². The molecule has 2 rings (SSSR count). The Labute approximate surface area is 110 Å². The quantitative estimate of drug-likeness (QED) is 0.807. The minimum Gasteiger partial charge on any atom is -0.480 e. The van der Waals surface area contributed by atoms with Gasteiger partial charge in [-0.05, 0) is 38.3 Å². The lowest BCUT2D eigenvalue weighted by Crippen LogP contribution is -2.59. The maximum Gasteiger partial charge on any atom is 0.329 e. The monoisotopic (exact) mass is 261 g/mol. The first-order valence-electron chi connectivity index (χ1n) is 6.11. The first-order valence-corrected chi connectivity index (χ1v) is 6.11. The summed E-state index contributed by atoms with van der Waals surface area (Å²) in [6, 6.07) is 6.18. The normalized spacial score (nSPS) is 16.3. The molecule has 1 aromatic rings. The number of carbonyl (C=O) groups is 3. The van der Waals surface area contributed by atoms with Crippen molar-refractivity contribution in [3.05, 3.63) is 35.4 Å². The fraction of sp³-hybridized carbons (Fsp3) is 0.357. The summed E-state index contributed by atoms with van der Waals surface area (Å²) in [7, 11) is 0. The number of ketones is 1. The van der Waals surface area contributed by atoms with Gasteiger partial charge in [-0.3, -0.25) is 9.59 Å². The largest absolute Gasteiger partial charge is 0.480 e. The lowest BCUT2D eigenvalue weighted by molar-refractivity contribution is -0.148. The third-order valence-corrected chi connectivity index (χ3v) is 3.52. The molecule has 5 nitrogen and oxygen atoms in total. The minimum atomic E-state index is -1.11. The third-order valence-electron chi connectivity index (χ3n) is 3.52. The number of carbonyl (C=O) groups excluding carboxylic acids is 2. The minimum absolute atomic E-state index is 0.0760. The number of hydrogen-bond donors (Lipinski definition) is 2. The number of carboxylic acids is 1. The van der Waals surface area contributed by atoms with Gasteiger partial charge in [-0.2, -0.15) is 0 Å². The van der Waals surface area contributed by atoms with Crippen molar-refractivity contribution < 1.29 is 19.5 Å². The van der Waals surface area contributed by atoms with Gasteiger partial charge in [0.1, 0.15) is 5.54 Å². The highest BCUT2D eigenvalue weighted by molar-refractivity contribution is 6.00. The van der Waals surface area contributed by atoms with Crippen molar-refractivity contribution in [1.29, 1.82) is 0 Å². The number of carboxylic acid groups (broad SMARTS) is 1. The molecule has 1 fully saturated rings. The van der Waals surface area contributed by atoms with Crippen molar-refractivity contribution in [2.24, 2.45) is 0 Å². The van der Waals surface area contributed by atoms with E-state index in [-0.39, 0.29) is 5.78 Å². The molecular formula is C14H15NO4. The van der Waals surface area contributed by atoms with E-state index in [1.165, 1.54) is 19.1 Å². The summed E-state index contributed by atoms with van der Waals surface area (Å²) in [5.74, 6) is -1.49. The Hall–Kier alpha value is -2.17. The first kappa shape index (κ1) is 13.3. The average Bonchev–Trinajstić information content (AvgIpc) is 2.33. The van der Waals surface area contributed by atoms with Gasteiger partial charge in [0.2, 0.25) is 0 Å². The summed E-state index contributed by atoms with van der Waals surface area (Å²) in [5.41, 5.74) is -0.235. The molecule has 1 aromatic carbocycles. The molecule has 2 N–H and O–H groups in total. The van der Waals surface area contributed by atoms with Crippen LogP contribution >= 0.6 is 0 Å². The summed E-state index contributed by atoms with van der Waals surface area (Å²) >= 11 is 0. The van der Waals surface area contributed by atoms with E-state index in [1.54, 1.807) is 12.1 Å². The molecular weight excluding hydrogens is 246 g/mol. The van der Waals surface area contributed by atoms with Crippen LogP contribution in [0, 0.1) is 0 Å². The predicted octanol–water partition coefficient (Wildman–Crippen LogP) is 1.63. The Bertz CT molecular complexity index is 529. The molecule has 0 atom stereocenters. The first-order chi connectivity index (χ1) is 8.94.